The van der Waals surface area contributed by atoms with Gasteiger partial charge in [0.05, 0.1) is 6.61 Å². The van der Waals surface area contributed by atoms with Gasteiger partial charge in [-0.2, -0.15) is 0 Å². The normalized spacial score (nSPS) is 15.6. The summed E-state index contributed by atoms with van der Waals surface area (Å²) in [6.07, 6.45) is 4.99. The number of rotatable bonds is 9. The summed E-state index contributed by atoms with van der Waals surface area (Å²) in [6, 6.07) is 9.17. The van der Waals surface area contributed by atoms with Gasteiger partial charge < -0.3 is 15.0 Å². The molecule has 0 unspecified atom stereocenters. The van der Waals surface area contributed by atoms with Crippen LogP contribution in [0.15, 0.2) is 30.3 Å². The number of ether oxygens (including phenoxy) is 1. The van der Waals surface area contributed by atoms with Gasteiger partial charge in [0, 0.05) is 19.5 Å². The summed E-state index contributed by atoms with van der Waals surface area (Å²) < 4.78 is 5.61. The lowest BCUT2D eigenvalue weighted by atomic mass is 10.0. The highest BCUT2D eigenvalue weighted by Gasteiger charge is 2.27. The minimum Gasteiger partial charge on any atom is -0.494 e. The molecule has 0 spiro atoms. The lowest BCUT2D eigenvalue weighted by molar-refractivity contribution is -0.137. The Kier molecular flexibility index (Phi) is 8.45. The van der Waals surface area contributed by atoms with Crippen molar-refractivity contribution in [2.75, 3.05) is 19.7 Å². The minimum absolute atomic E-state index is 0.0716. The third kappa shape index (κ3) is 7.06. The standard InChI is InChI=1S/C21H32N2O3/c1-17(2)16-19(21(25)23-13-7-4-8-14-23)22-20(24)12-9-15-26-18-10-5-3-6-11-18/h3,5-6,10-11,17,19H,4,7-9,12-16H2,1-2H3,(H,22,24)/t19-/m1/s1. The predicted octanol–water partition coefficient (Wildman–Crippen LogP) is 3.39. The first-order valence-electron chi connectivity index (χ1n) is 9.82. The molecule has 1 N–H and O–H groups in total. The molecule has 5 nitrogen and oxygen atoms in total. The molecule has 0 saturated carbocycles. The highest BCUT2D eigenvalue weighted by Crippen LogP contribution is 2.14. The van der Waals surface area contributed by atoms with Crippen molar-refractivity contribution >= 4 is 11.8 Å². The maximum Gasteiger partial charge on any atom is 0.245 e. The van der Waals surface area contributed by atoms with E-state index in [1.807, 2.05) is 35.2 Å². The Morgan fingerprint density at radius 2 is 1.81 bits per heavy atom. The van der Waals surface area contributed by atoms with Crippen LogP contribution in [-0.4, -0.2) is 42.5 Å². The number of hydrogen-bond donors (Lipinski definition) is 1. The molecule has 1 aliphatic heterocycles. The molecule has 0 aliphatic carbocycles. The first-order valence-corrected chi connectivity index (χ1v) is 9.82. The topological polar surface area (TPSA) is 58.6 Å². The number of piperidine rings is 1. The Balaban J connectivity index is 1.76. The van der Waals surface area contributed by atoms with E-state index in [4.69, 9.17) is 4.74 Å². The van der Waals surface area contributed by atoms with Crippen molar-refractivity contribution in [1.82, 2.24) is 10.2 Å². The van der Waals surface area contributed by atoms with Gasteiger partial charge in [-0.3, -0.25) is 9.59 Å². The van der Waals surface area contributed by atoms with E-state index in [-0.39, 0.29) is 11.8 Å². The third-order valence-electron chi connectivity index (χ3n) is 4.57. The zero-order valence-corrected chi connectivity index (χ0v) is 16.1. The van der Waals surface area contributed by atoms with Gasteiger partial charge in [0.1, 0.15) is 11.8 Å². The molecule has 144 valence electrons. The number of carbonyl (C=O) groups is 2. The van der Waals surface area contributed by atoms with E-state index < -0.39 is 6.04 Å². The van der Waals surface area contributed by atoms with Crippen molar-refractivity contribution in [2.24, 2.45) is 5.92 Å². The smallest absolute Gasteiger partial charge is 0.245 e. The lowest BCUT2D eigenvalue weighted by Gasteiger charge is -2.31. The van der Waals surface area contributed by atoms with Gasteiger partial charge in [-0.1, -0.05) is 32.0 Å². The average Bonchev–Trinajstić information content (AvgIpc) is 2.65. The largest absolute Gasteiger partial charge is 0.494 e. The molecule has 1 saturated heterocycles. The fourth-order valence-electron chi connectivity index (χ4n) is 3.23. The lowest BCUT2D eigenvalue weighted by Crippen LogP contribution is -2.50. The zero-order chi connectivity index (χ0) is 18.8. The minimum atomic E-state index is -0.407. The number of para-hydroxylation sites is 1. The Morgan fingerprint density at radius 3 is 2.46 bits per heavy atom. The molecule has 1 atom stereocenters. The molecule has 1 fully saturated rings. The zero-order valence-electron chi connectivity index (χ0n) is 16.1. The molecule has 26 heavy (non-hydrogen) atoms. The molecule has 2 amide bonds. The number of amides is 2. The Labute approximate surface area is 157 Å². The molecule has 5 heteroatoms. The fraction of sp³-hybridized carbons (Fsp3) is 0.619. The van der Waals surface area contributed by atoms with Crippen molar-refractivity contribution < 1.29 is 14.3 Å². The molecular weight excluding hydrogens is 328 g/mol. The monoisotopic (exact) mass is 360 g/mol. The summed E-state index contributed by atoms with van der Waals surface area (Å²) in [7, 11) is 0. The Morgan fingerprint density at radius 1 is 1.12 bits per heavy atom. The van der Waals surface area contributed by atoms with Crippen LogP contribution >= 0.6 is 0 Å². The number of likely N-dealkylation sites (tertiary alicyclic amines) is 1. The third-order valence-corrected chi connectivity index (χ3v) is 4.57. The number of benzene rings is 1. The second kappa shape index (κ2) is 10.8. The number of nitrogens with one attached hydrogen (secondary N) is 1. The van der Waals surface area contributed by atoms with Gasteiger partial charge >= 0.3 is 0 Å². The predicted molar refractivity (Wildman–Crippen MR) is 103 cm³/mol. The number of hydrogen-bond acceptors (Lipinski definition) is 3. The van der Waals surface area contributed by atoms with Crippen LogP contribution in [0.2, 0.25) is 0 Å². The van der Waals surface area contributed by atoms with Gasteiger partial charge in [-0.25, -0.2) is 0 Å². The quantitative estimate of drug-likeness (QED) is 0.687. The van der Waals surface area contributed by atoms with Gasteiger partial charge in [-0.15, -0.1) is 0 Å². The first kappa shape index (κ1) is 20.3. The van der Waals surface area contributed by atoms with E-state index in [2.05, 4.69) is 19.2 Å². The van der Waals surface area contributed by atoms with Gasteiger partial charge in [0.25, 0.3) is 0 Å². The van der Waals surface area contributed by atoms with Gasteiger partial charge in [-0.05, 0) is 50.2 Å². The Hall–Kier alpha value is -2.04. The Bertz CT molecular complexity index is 554. The van der Waals surface area contributed by atoms with E-state index >= 15 is 0 Å². The number of carbonyl (C=O) groups excluding carboxylic acids is 2. The fourth-order valence-corrected chi connectivity index (χ4v) is 3.23. The average molecular weight is 360 g/mol. The van der Waals surface area contributed by atoms with Crippen LogP contribution in [0.5, 0.6) is 5.75 Å². The van der Waals surface area contributed by atoms with Crippen LogP contribution in [0.25, 0.3) is 0 Å². The highest BCUT2D eigenvalue weighted by atomic mass is 16.5. The van der Waals surface area contributed by atoms with Crippen molar-refractivity contribution in [3.8, 4) is 5.75 Å². The molecule has 1 aromatic carbocycles. The van der Waals surface area contributed by atoms with Crippen LogP contribution in [0.4, 0.5) is 0 Å². The second-order valence-corrected chi connectivity index (χ2v) is 7.40. The summed E-state index contributed by atoms with van der Waals surface area (Å²) in [5.41, 5.74) is 0. The van der Waals surface area contributed by atoms with Crippen molar-refractivity contribution in [3.05, 3.63) is 30.3 Å². The second-order valence-electron chi connectivity index (χ2n) is 7.40. The molecule has 2 rings (SSSR count). The number of nitrogens with zero attached hydrogens (tertiary/aromatic N) is 1. The molecule has 0 aromatic heterocycles. The van der Waals surface area contributed by atoms with E-state index in [9.17, 15) is 9.59 Å². The highest BCUT2D eigenvalue weighted by molar-refractivity contribution is 5.87. The summed E-state index contributed by atoms with van der Waals surface area (Å²) >= 11 is 0. The van der Waals surface area contributed by atoms with Crippen molar-refractivity contribution in [2.45, 2.75) is 58.4 Å². The summed E-state index contributed by atoms with van der Waals surface area (Å²) in [6.45, 7) is 6.28. The summed E-state index contributed by atoms with van der Waals surface area (Å²) in [5, 5.41) is 2.96. The van der Waals surface area contributed by atoms with Gasteiger partial charge in [0.15, 0.2) is 0 Å². The van der Waals surface area contributed by atoms with Crippen LogP contribution < -0.4 is 10.1 Å². The molecule has 0 bridgehead atoms. The maximum atomic E-state index is 12.8. The van der Waals surface area contributed by atoms with Crippen LogP contribution in [-0.2, 0) is 9.59 Å². The van der Waals surface area contributed by atoms with Crippen LogP contribution in [0.3, 0.4) is 0 Å². The maximum absolute atomic E-state index is 12.8. The van der Waals surface area contributed by atoms with E-state index in [0.717, 1.165) is 31.7 Å². The molecular formula is C21H32N2O3. The van der Waals surface area contributed by atoms with Gasteiger partial charge in [0.2, 0.25) is 11.8 Å². The SMILES string of the molecule is CC(C)C[C@@H](NC(=O)CCCOc1ccccc1)C(=O)N1CCCCC1. The molecule has 0 radical (unpaired) electrons. The van der Waals surface area contributed by atoms with Crippen molar-refractivity contribution in [1.29, 1.82) is 0 Å². The molecule has 1 heterocycles. The van der Waals surface area contributed by atoms with E-state index in [1.165, 1.54) is 6.42 Å². The summed E-state index contributed by atoms with van der Waals surface area (Å²) in [5.74, 6) is 1.17. The van der Waals surface area contributed by atoms with E-state index in [0.29, 0.717) is 31.8 Å². The molecule has 1 aromatic rings. The first-order chi connectivity index (χ1) is 12.6. The van der Waals surface area contributed by atoms with Crippen molar-refractivity contribution in [3.63, 3.8) is 0 Å². The molecule has 1 aliphatic rings. The van der Waals surface area contributed by atoms with Crippen LogP contribution in [0, 0.1) is 5.92 Å². The van der Waals surface area contributed by atoms with E-state index in [1.54, 1.807) is 0 Å². The summed E-state index contributed by atoms with van der Waals surface area (Å²) in [4.78, 5) is 27.0. The van der Waals surface area contributed by atoms with Crippen LogP contribution in [0.1, 0.15) is 52.4 Å².